The monoisotopic (exact) mass is 526 g/mol. The minimum atomic E-state index is -4.62. The van der Waals surface area contributed by atoms with Crippen LogP contribution in [-0.2, 0) is 6.18 Å². The number of carbonyl (C=O) groups excluding carboxylic acids is 1. The van der Waals surface area contributed by atoms with E-state index in [0.717, 1.165) is 24.5 Å². The summed E-state index contributed by atoms with van der Waals surface area (Å²) in [7, 11) is 3.13. The number of likely N-dealkylation sites (tertiary alicyclic amines) is 1. The van der Waals surface area contributed by atoms with Crippen molar-refractivity contribution in [2.75, 3.05) is 31.8 Å². The van der Waals surface area contributed by atoms with Crippen molar-refractivity contribution in [3.05, 3.63) is 66.1 Å². The van der Waals surface area contributed by atoms with Crippen LogP contribution in [0.2, 0.25) is 0 Å². The molecule has 0 aliphatic carbocycles. The summed E-state index contributed by atoms with van der Waals surface area (Å²) in [5, 5.41) is 2.84. The molecule has 2 amide bonds. The SMILES string of the molecule is COc1ccc(C2CCCN2C(=O)Nc2cn3cc(-c4cnc(N)c(C(F)(F)F)c4)ccc3n2)cc1OC. The number of benzene rings is 1. The van der Waals surface area contributed by atoms with Crippen LogP contribution in [-0.4, -0.2) is 46.1 Å². The Morgan fingerprint density at radius 1 is 1.08 bits per heavy atom. The van der Waals surface area contributed by atoms with E-state index in [9.17, 15) is 18.0 Å². The van der Waals surface area contributed by atoms with Crippen LogP contribution in [0.15, 0.2) is 55.0 Å². The third kappa shape index (κ3) is 4.76. The standard InChI is InChI=1S/C26H25F3N6O3/c1-37-20-7-5-15(11-21(20)38-2)19-4-3-9-35(19)25(36)33-22-14-34-13-16(6-8-23(34)32-22)17-10-18(26(27,28)29)24(30)31-12-17/h5-8,10-14,19H,3-4,9H2,1-2H3,(H2,30,31)(H,33,36). The molecule has 9 nitrogen and oxygen atoms in total. The number of hydrogen-bond donors (Lipinski definition) is 2. The molecule has 38 heavy (non-hydrogen) atoms. The summed E-state index contributed by atoms with van der Waals surface area (Å²) in [6, 6.07) is 9.41. The molecule has 3 N–H and O–H groups in total. The molecule has 0 radical (unpaired) electrons. The number of nitrogen functional groups attached to an aromatic ring is 1. The van der Waals surface area contributed by atoms with Crippen molar-refractivity contribution in [3.63, 3.8) is 0 Å². The Hall–Kier alpha value is -4.48. The van der Waals surface area contributed by atoms with Crippen molar-refractivity contribution in [3.8, 4) is 22.6 Å². The molecule has 1 atom stereocenters. The molecule has 4 aromatic rings. The first-order chi connectivity index (χ1) is 18.2. The number of hydrogen-bond acceptors (Lipinski definition) is 6. The van der Waals surface area contributed by atoms with E-state index >= 15 is 0 Å². The van der Waals surface area contributed by atoms with Crippen LogP contribution in [0.3, 0.4) is 0 Å². The van der Waals surface area contributed by atoms with Gasteiger partial charge in [0, 0.05) is 30.1 Å². The van der Waals surface area contributed by atoms with Crippen LogP contribution in [0, 0.1) is 0 Å². The van der Waals surface area contributed by atoms with Gasteiger partial charge in [-0.05, 0) is 48.7 Å². The lowest BCUT2D eigenvalue weighted by Crippen LogP contribution is -2.34. The maximum atomic E-state index is 13.3. The smallest absolute Gasteiger partial charge is 0.419 e. The maximum absolute atomic E-state index is 13.3. The summed E-state index contributed by atoms with van der Waals surface area (Å²) in [6.07, 6.45) is 1.53. The van der Waals surface area contributed by atoms with Gasteiger partial charge in [-0.25, -0.2) is 14.8 Å². The lowest BCUT2D eigenvalue weighted by atomic mass is 10.0. The quantitative estimate of drug-likeness (QED) is 0.362. The van der Waals surface area contributed by atoms with E-state index in [1.165, 1.54) is 6.20 Å². The molecule has 12 heteroatoms. The molecule has 1 aliphatic rings. The number of carbonyl (C=O) groups is 1. The van der Waals surface area contributed by atoms with E-state index < -0.39 is 17.6 Å². The minimum Gasteiger partial charge on any atom is -0.493 e. The normalized spacial score (nSPS) is 15.6. The van der Waals surface area contributed by atoms with Gasteiger partial charge in [0.1, 0.15) is 11.5 Å². The molecule has 4 heterocycles. The van der Waals surface area contributed by atoms with E-state index in [4.69, 9.17) is 15.2 Å². The topological polar surface area (TPSA) is 107 Å². The van der Waals surface area contributed by atoms with Gasteiger partial charge in [-0.3, -0.25) is 5.32 Å². The number of fused-ring (bicyclic) bond motifs is 1. The summed E-state index contributed by atoms with van der Waals surface area (Å²) in [4.78, 5) is 23.1. The highest BCUT2D eigenvalue weighted by Gasteiger charge is 2.34. The van der Waals surface area contributed by atoms with Gasteiger partial charge in [-0.2, -0.15) is 13.2 Å². The third-order valence-electron chi connectivity index (χ3n) is 6.55. The van der Waals surface area contributed by atoms with Crippen LogP contribution < -0.4 is 20.5 Å². The second-order valence-electron chi connectivity index (χ2n) is 8.86. The van der Waals surface area contributed by atoms with Gasteiger partial charge < -0.3 is 24.5 Å². The Labute approximate surface area is 216 Å². The van der Waals surface area contributed by atoms with Crippen LogP contribution in [0.4, 0.5) is 29.6 Å². The van der Waals surface area contributed by atoms with Crippen molar-refractivity contribution in [2.24, 2.45) is 0 Å². The molecule has 0 spiro atoms. The van der Waals surface area contributed by atoms with Crippen molar-refractivity contribution >= 4 is 23.3 Å². The van der Waals surface area contributed by atoms with Gasteiger partial charge in [0.2, 0.25) is 0 Å². The van der Waals surface area contributed by atoms with Crippen molar-refractivity contribution in [1.29, 1.82) is 0 Å². The summed E-state index contributed by atoms with van der Waals surface area (Å²) in [5.41, 5.74) is 6.61. The van der Waals surface area contributed by atoms with Gasteiger partial charge in [0.05, 0.1) is 32.0 Å². The highest BCUT2D eigenvalue weighted by atomic mass is 19.4. The zero-order valence-corrected chi connectivity index (χ0v) is 20.6. The van der Waals surface area contributed by atoms with Crippen LogP contribution in [0.1, 0.15) is 30.0 Å². The summed E-state index contributed by atoms with van der Waals surface area (Å²) < 4.78 is 52.2. The van der Waals surface area contributed by atoms with E-state index in [-0.39, 0.29) is 17.6 Å². The lowest BCUT2D eigenvalue weighted by Gasteiger charge is -2.25. The van der Waals surface area contributed by atoms with Crippen LogP contribution >= 0.6 is 0 Å². The molecule has 1 aliphatic heterocycles. The Morgan fingerprint density at radius 3 is 2.61 bits per heavy atom. The predicted octanol–water partition coefficient (Wildman–Crippen LogP) is 5.38. The van der Waals surface area contributed by atoms with Crippen LogP contribution in [0.25, 0.3) is 16.8 Å². The molecule has 5 rings (SSSR count). The fourth-order valence-corrected chi connectivity index (χ4v) is 4.68. The second kappa shape index (κ2) is 9.77. The number of rotatable bonds is 5. The van der Waals surface area contributed by atoms with Gasteiger partial charge in [0.25, 0.3) is 0 Å². The van der Waals surface area contributed by atoms with Crippen molar-refractivity contribution in [1.82, 2.24) is 19.3 Å². The Morgan fingerprint density at radius 2 is 1.87 bits per heavy atom. The van der Waals surface area contributed by atoms with E-state index in [2.05, 4.69) is 15.3 Å². The second-order valence-corrected chi connectivity index (χ2v) is 8.86. The largest absolute Gasteiger partial charge is 0.493 e. The molecule has 0 saturated carbocycles. The number of urea groups is 1. The number of nitrogens with one attached hydrogen (secondary N) is 1. The number of anilines is 2. The van der Waals surface area contributed by atoms with Crippen molar-refractivity contribution in [2.45, 2.75) is 25.1 Å². The fourth-order valence-electron chi connectivity index (χ4n) is 4.68. The van der Waals surface area contributed by atoms with Gasteiger partial charge in [-0.1, -0.05) is 6.07 Å². The summed E-state index contributed by atoms with van der Waals surface area (Å²) in [6.45, 7) is 0.577. The highest BCUT2D eigenvalue weighted by molar-refractivity contribution is 5.89. The van der Waals surface area contributed by atoms with Gasteiger partial charge >= 0.3 is 12.2 Å². The molecule has 1 unspecified atom stereocenters. The third-order valence-corrected chi connectivity index (χ3v) is 6.55. The molecule has 0 bridgehead atoms. The number of imidazole rings is 1. The average Bonchev–Trinajstić information content (AvgIpc) is 3.54. The number of amides is 2. The highest BCUT2D eigenvalue weighted by Crippen LogP contribution is 2.38. The Balaban J connectivity index is 1.36. The molecular weight excluding hydrogens is 501 g/mol. The molecule has 3 aromatic heterocycles. The first-order valence-corrected chi connectivity index (χ1v) is 11.8. The predicted molar refractivity (Wildman–Crippen MR) is 135 cm³/mol. The van der Waals surface area contributed by atoms with Gasteiger partial charge in [0.15, 0.2) is 17.3 Å². The Kier molecular flexibility index (Phi) is 6.47. The molecule has 1 saturated heterocycles. The number of aromatic nitrogens is 3. The number of methoxy groups -OCH3 is 2. The number of nitrogens with two attached hydrogens (primary N) is 1. The maximum Gasteiger partial charge on any atom is 0.419 e. The number of alkyl halides is 3. The number of nitrogens with zero attached hydrogens (tertiary/aromatic N) is 4. The summed E-state index contributed by atoms with van der Waals surface area (Å²) in [5.74, 6) is 0.936. The summed E-state index contributed by atoms with van der Waals surface area (Å²) >= 11 is 0. The first kappa shape index (κ1) is 25.2. The lowest BCUT2D eigenvalue weighted by molar-refractivity contribution is -0.137. The Bertz CT molecular complexity index is 1500. The van der Waals surface area contributed by atoms with Gasteiger partial charge in [-0.15, -0.1) is 0 Å². The van der Waals surface area contributed by atoms with E-state index in [1.54, 1.807) is 48.0 Å². The van der Waals surface area contributed by atoms with Crippen LogP contribution in [0.5, 0.6) is 11.5 Å². The zero-order valence-electron chi connectivity index (χ0n) is 20.6. The van der Waals surface area contributed by atoms with E-state index in [0.29, 0.717) is 35.1 Å². The molecule has 198 valence electrons. The fraction of sp³-hybridized carbons (Fsp3) is 0.269. The number of pyridine rings is 2. The average molecular weight is 527 g/mol. The molecular formula is C26H25F3N6O3. The van der Waals surface area contributed by atoms with Crippen molar-refractivity contribution < 1.29 is 27.4 Å². The number of ether oxygens (including phenoxy) is 2. The zero-order chi connectivity index (χ0) is 27.0. The number of halogens is 3. The molecule has 1 fully saturated rings. The minimum absolute atomic E-state index is 0.140. The van der Waals surface area contributed by atoms with E-state index in [1.807, 2.05) is 18.2 Å². The first-order valence-electron chi connectivity index (χ1n) is 11.8. The molecule has 1 aromatic carbocycles.